The zero-order valence-electron chi connectivity index (χ0n) is 11.1. The monoisotopic (exact) mass is 241 g/mol. The van der Waals surface area contributed by atoms with Gasteiger partial charge in [-0.1, -0.05) is 30.3 Å². The Balaban J connectivity index is 2.19. The average Bonchev–Trinajstić information content (AvgIpc) is 2.40. The highest BCUT2D eigenvalue weighted by Gasteiger charge is 2.09. The van der Waals surface area contributed by atoms with Gasteiger partial charge < -0.3 is 10.2 Å². The number of nitrogens with one attached hydrogen (secondary N) is 1. The summed E-state index contributed by atoms with van der Waals surface area (Å²) >= 11 is 0. The Bertz CT molecular complexity index is 494. The Kier molecular flexibility index (Phi) is 3.82. The van der Waals surface area contributed by atoms with E-state index >= 15 is 0 Å². The molecule has 0 fully saturated rings. The maximum absolute atomic E-state index is 4.19. The van der Waals surface area contributed by atoms with Crippen molar-refractivity contribution in [3.8, 4) is 0 Å². The van der Waals surface area contributed by atoms with Gasteiger partial charge in [0.05, 0.1) is 17.6 Å². The molecule has 94 valence electrons. The fraction of sp³-hybridized carbons (Fsp3) is 0.267. The standard InChI is InChI=1S/C15H19N3/c1-12(13-7-5-4-6-8-13)17-14-11-16-10-9-15(14)18(2)3/h4-12,17H,1-3H3. The molecule has 0 amide bonds. The maximum Gasteiger partial charge on any atom is 0.0768 e. The van der Waals surface area contributed by atoms with E-state index in [9.17, 15) is 0 Å². The van der Waals surface area contributed by atoms with Crippen LogP contribution < -0.4 is 10.2 Å². The molecule has 1 N–H and O–H groups in total. The normalized spacial score (nSPS) is 11.9. The lowest BCUT2D eigenvalue weighted by Gasteiger charge is -2.21. The maximum atomic E-state index is 4.19. The summed E-state index contributed by atoms with van der Waals surface area (Å²) in [5.74, 6) is 0. The lowest BCUT2D eigenvalue weighted by atomic mass is 10.1. The van der Waals surface area contributed by atoms with Crippen LogP contribution in [-0.4, -0.2) is 19.1 Å². The Labute approximate surface area is 108 Å². The second kappa shape index (κ2) is 5.54. The first-order valence-corrected chi connectivity index (χ1v) is 6.11. The second-order valence-corrected chi connectivity index (χ2v) is 4.56. The van der Waals surface area contributed by atoms with Gasteiger partial charge >= 0.3 is 0 Å². The van der Waals surface area contributed by atoms with Crippen molar-refractivity contribution in [3.63, 3.8) is 0 Å². The molecule has 0 radical (unpaired) electrons. The molecule has 3 heteroatoms. The number of benzene rings is 1. The molecule has 1 atom stereocenters. The van der Waals surface area contributed by atoms with Gasteiger partial charge in [0.15, 0.2) is 0 Å². The van der Waals surface area contributed by atoms with Crippen molar-refractivity contribution < 1.29 is 0 Å². The SMILES string of the molecule is CC(Nc1cnccc1N(C)C)c1ccccc1. The summed E-state index contributed by atoms with van der Waals surface area (Å²) in [7, 11) is 4.07. The molecule has 1 aromatic carbocycles. The first-order valence-electron chi connectivity index (χ1n) is 6.11. The zero-order valence-corrected chi connectivity index (χ0v) is 11.1. The summed E-state index contributed by atoms with van der Waals surface area (Å²) in [6, 6.07) is 12.7. The van der Waals surface area contributed by atoms with Crippen LogP contribution in [0.2, 0.25) is 0 Å². The van der Waals surface area contributed by atoms with Gasteiger partial charge in [0.1, 0.15) is 0 Å². The predicted molar refractivity (Wildman–Crippen MR) is 77.0 cm³/mol. The minimum absolute atomic E-state index is 0.258. The lowest BCUT2D eigenvalue weighted by Crippen LogP contribution is -2.14. The van der Waals surface area contributed by atoms with E-state index in [4.69, 9.17) is 0 Å². The van der Waals surface area contributed by atoms with Crippen molar-refractivity contribution >= 4 is 11.4 Å². The van der Waals surface area contributed by atoms with Crippen LogP contribution in [0.25, 0.3) is 0 Å². The van der Waals surface area contributed by atoms with Gasteiger partial charge in [0.25, 0.3) is 0 Å². The molecule has 1 heterocycles. The Morgan fingerprint density at radius 2 is 1.83 bits per heavy atom. The fourth-order valence-electron chi connectivity index (χ4n) is 1.95. The summed E-state index contributed by atoms with van der Waals surface area (Å²) in [6.45, 7) is 2.15. The van der Waals surface area contributed by atoms with Crippen LogP contribution in [0.4, 0.5) is 11.4 Å². The molecule has 0 bridgehead atoms. The predicted octanol–water partition coefficient (Wildman–Crippen LogP) is 3.32. The summed E-state index contributed by atoms with van der Waals surface area (Å²) in [5.41, 5.74) is 3.47. The third-order valence-electron chi connectivity index (χ3n) is 2.95. The molecule has 0 aliphatic heterocycles. The van der Waals surface area contributed by atoms with Crippen molar-refractivity contribution in [2.75, 3.05) is 24.3 Å². The Morgan fingerprint density at radius 1 is 1.11 bits per heavy atom. The molecular weight excluding hydrogens is 222 g/mol. The summed E-state index contributed by atoms with van der Waals surface area (Å²) < 4.78 is 0. The molecule has 3 nitrogen and oxygen atoms in total. The molecule has 1 aromatic heterocycles. The molecule has 0 spiro atoms. The Hall–Kier alpha value is -2.03. The molecule has 0 saturated heterocycles. The summed E-state index contributed by atoms with van der Waals surface area (Å²) in [5, 5.41) is 3.50. The number of aromatic nitrogens is 1. The molecule has 0 aliphatic rings. The number of hydrogen-bond acceptors (Lipinski definition) is 3. The first kappa shape index (κ1) is 12.4. The zero-order chi connectivity index (χ0) is 13.0. The van der Waals surface area contributed by atoms with E-state index in [1.165, 1.54) is 5.56 Å². The number of hydrogen-bond donors (Lipinski definition) is 1. The van der Waals surface area contributed by atoms with Crippen LogP contribution in [0.5, 0.6) is 0 Å². The fourth-order valence-corrected chi connectivity index (χ4v) is 1.95. The van der Waals surface area contributed by atoms with Crippen molar-refractivity contribution in [2.24, 2.45) is 0 Å². The van der Waals surface area contributed by atoms with Gasteiger partial charge in [-0.25, -0.2) is 0 Å². The van der Waals surface area contributed by atoms with Gasteiger partial charge in [0.2, 0.25) is 0 Å². The van der Waals surface area contributed by atoms with E-state index in [-0.39, 0.29) is 6.04 Å². The molecule has 0 aliphatic carbocycles. The number of anilines is 2. The van der Waals surface area contributed by atoms with E-state index in [1.54, 1.807) is 0 Å². The molecule has 2 rings (SSSR count). The topological polar surface area (TPSA) is 28.2 Å². The van der Waals surface area contributed by atoms with Crippen molar-refractivity contribution in [1.29, 1.82) is 0 Å². The lowest BCUT2D eigenvalue weighted by molar-refractivity contribution is 0.881. The van der Waals surface area contributed by atoms with E-state index in [1.807, 2.05) is 38.6 Å². The van der Waals surface area contributed by atoms with Crippen LogP contribution >= 0.6 is 0 Å². The minimum atomic E-state index is 0.258. The van der Waals surface area contributed by atoms with Crippen LogP contribution in [0, 0.1) is 0 Å². The first-order chi connectivity index (χ1) is 8.68. The molecular formula is C15H19N3. The average molecular weight is 241 g/mol. The van der Waals surface area contributed by atoms with Crippen LogP contribution in [0.3, 0.4) is 0 Å². The van der Waals surface area contributed by atoms with Gasteiger partial charge in [-0.3, -0.25) is 4.98 Å². The van der Waals surface area contributed by atoms with Crippen molar-refractivity contribution in [1.82, 2.24) is 4.98 Å². The van der Waals surface area contributed by atoms with E-state index in [0.717, 1.165) is 11.4 Å². The second-order valence-electron chi connectivity index (χ2n) is 4.56. The van der Waals surface area contributed by atoms with E-state index < -0.39 is 0 Å². The minimum Gasteiger partial charge on any atom is -0.376 e. The molecule has 0 saturated carbocycles. The third-order valence-corrected chi connectivity index (χ3v) is 2.95. The van der Waals surface area contributed by atoms with Crippen molar-refractivity contribution in [3.05, 3.63) is 54.4 Å². The van der Waals surface area contributed by atoms with E-state index in [0.29, 0.717) is 0 Å². The number of pyridine rings is 1. The molecule has 18 heavy (non-hydrogen) atoms. The smallest absolute Gasteiger partial charge is 0.0768 e. The summed E-state index contributed by atoms with van der Waals surface area (Å²) in [4.78, 5) is 6.27. The Morgan fingerprint density at radius 3 is 2.50 bits per heavy atom. The van der Waals surface area contributed by atoms with Crippen LogP contribution in [-0.2, 0) is 0 Å². The highest BCUT2D eigenvalue weighted by Crippen LogP contribution is 2.26. The van der Waals surface area contributed by atoms with Gasteiger partial charge in [-0.05, 0) is 18.6 Å². The molecule has 1 unspecified atom stereocenters. The van der Waals surface area contributed by atoms with Crippen LogP contribution in [0.15, 0.2) is 48.8 Å². The molecule has 2 aromatic rings. The highest BCUT2D eigenvalue weighted by molar-refractivity contribution is 5.68. The van der Waals surface area contributed by atoms with Gasteiger partial charge in [0, 0.05) is 26.3 Å². The number of rotatable bonds is 4. The quantitative estimate of drug-likeness (QED) is 0.890. The van der Waals surface area contributed by atoms with Crippen LogP contribution in [0.1, 0.15) is 18.5 Å². The van der Waals surface area contributed by atoms with Gasteiger partial charge in [-0.2, -0.15) is 0 Å². The largest absolute Gasteiger partial charge is 0.376 e. The highest BCUT2D eigenvalue weighted by atomic mass is 15.1. The van der Waals surface area contributed by atoms with Gasteiger partial charge in [-0.15, -0.1) is 0 Å². The summed E-state index contributed by atoms with van der Waals surface area (Å²) in [6.07, 6.45) is 3.68. The van der Waals surface area contributed by atoms with Crippen molar-refractivity contribution in [2.45, 2.75) is 13.0 Å². The number of nitrogens with zero attached hydrogens (tertiary/aromatic N) is 2. The van der Waals surface area contributed by atoms with E-state index in [2.05, 4.69) is 46.4 Å². The third kappa shape index (κ3) is 2.80.